The highest BCUT2D eigenvalue weighted by atomic mass is 32.2. The van der Waals surface area contributed by atoms with Crippen molar-refractivity contribution in [3.63, 3.8) is 0 Å². The average molecular weight is 369 g/mol. The standard InChI is InChI=1S/C21H24N2O2S/c1-5-23(6-2)21-18-13-16(4)9-12-19(18)22-14-20(21)26(24,25)17-10-7-15(3)8-11-17/h7-14H,5-6H2,1-4H3. The minimum absolute atomic E-state index is 0.267. The van der Waals surface area contributed by atoms with Crippen LogP contribution in [-0.4, -0.2) is 26.5 Å². The van der Waals surface area contributed by atoms with Gasteiger partial charge in [-0.25, -0.2) is 8.42 Å². The number of benzene rings is 2. The molecular formula is C21H24N2O2S. The molecule has 3 aromatic rings. The lowest BCUT2D eigenvalue weighted by Crippen LogP contribution is -2.24. The van der Waals surface area contributed by atoms with Crippen molar-refractivity contribution in [1.29, 1.82) is 0 Å². The van der Waals surface area contributed by atoms with E-state index in [2.05, 4.69) is 9.88 Å². The Labute approximate surface area is 155 Å². The summed E-state index contributed by atoms with van der Waals surface area (Å²) in [6.45, 7) is 9.46. The number of sulfone groups is 1. The zero-order valence-corrected chi connectivity index (χ0v) is 16.5. The van der Waals surface area contributed by atoms with Crippen LogP contribution in [0.2, 0.25) is 0 Å². The van der Waals surface area contributed by atoms with E-state index < -0.39 is 9.84 Å². The highest BCUT2D eigenvalue weighted by molar-refractivity contribution is 7.91. The van der Waals surface area contributed by atoms with E-state index >= 15 is 0 Å². The first-order valence-electron chi connectivity index (χ1n) is 8.84. The van der Waals surface area contributed by atoms with Crippen LogP contribution in [0.5, 0.6) is 0 Å². The van der Waals surface area contributed by atoms with Gasteiger partial charge in [0.1, 0.15) is 4.90 Å². The lowest BCUT2D eigenvalue weighted by molar-refractivity contribution is 0.595. The number of aryl methyl sites for hydroxylation is 2. The topological polar surface area (TPSA) is 50.3 Å². The van der Waals surface area contributed by atoms with Gasteiger partial charge in [-0.3, -0.25) is 4.98 Å². The molecule has 1 heterocycles. The number of rotatable bonds is 5. The number of pyridine rings is 1. The van der Waals surface area contributed by atoms with Gasteiger partial charge in [0.2, 0.25) is 9.84 Å². The van der Waals surface area contributed by atoms with E-state index in [1.807, 2.05) is 58.0 Å². The molecule has 0 spiro atoms. The fourth-order valence-corrected chi connectivity index (χ4v) is 4.61. The molecule has 2 aromatic carbocycles. The molecule has 0 saturated carbocycles. The molecule has 0 amide bonds. The third kappa shape index (κ3) is 3.19. The molecule has 136 valence electrons. The van der Waals surface area contributed by atoms with Crippen molar-refractivity contribution in [1.82, 2.24) is 4.98 Å². The van der Waals surface area contributed by atoms with Gasteiger partial charge in [-0.1, -0.05) is 29.3 Å². The summed E-state index contributed by atoms with van der Waals surface area (Å²) in [7, 11) is -3.66. The molecule has 0 radical (unpaired) electrons. The van der Waals surface area contributed by atoms with E-state index in [-0.39, 0.29) is 4.90 Å². The molecule has 1 aromatic heterocycles. The van der Waals surface area contributed by atoms with Crippen LogP contribution in [0.15, 0.2) is 58.5 Å². The lowest BCUT2D eigenvalue weighted by atomic mass is 10.1. The molecule has 0 unspecified atom stereocenters. The Kier molecular flexibility index (Phi) is 5.01. The zero-order valence-electron chi connectivity index (χ0n) is 15.7. The second-order valence-electron chi connectivity index (χ2n) is 6.48. The molecule has 0 aliphatic rings. The maximum absolute atomic E-state index is 13.4. The van der Waals surface area contributed by atoms with Gasteiger partial charge >= 0.3 is 0 Å². The van der Waals surface area contributed by atoms with E-state index in [0.717, 1.165) is 40.8 Å². The minimum atomic E-state index is -3.66. The number of fused-ring (bicyclic) bond motifs is 1. The maximum Gasteiger partial charge on any atom is 0.210 e. The van der Waals surface area contributed by atoms with Crippen molar-refractivity contribution in [2.75, 3.05) is 18.0 Å². The van der Waals surface area contributed by atoms with Crippen molar-refractivity contribution in [2.24, 2.45) is 0 Å². The summed E-state index contributed by atoms with van der Waals surface area (Å²) in [5.41, 5.74) is 3.65. The first-order chi connectivity index (χ1) is 12.4. The number of anilines is 1. The third-order valence-corrected chi connectivity index (χ3v) is 6.43. The van der Waals surface area contributed by atoms with Crippen LogP contribution < -0.4 is 4.90 Å². The Hall–Kier alpha value is -2.40. The summed E-state index contributed by atoms with van der Waals surface area (Å²) in [5, 5.41) is 0.877. The van der Waals surface area contributed by atoms with Gasteiger partial charge in [0.05, 0.1) is 16.1 Å². The molecule has 0 aliphatic carbocycles. The first kappa shape index (κ1) is 18.4. The molecule has 0 bridgehead atoms. The van der Waals surface area contributed by atoms with Crippen LogP contribution in [0.3, 0.4) is 0 Å². The lowest BCUT2D eigenvalue weighted by Gasteiger charge is -2.25. The number of hydrogen-bond acceptors (Lipinski definition) is 4. The van der Waals surface area contributed by atoms with Gasteiger partial charge in [0, 0.05) is 24.7 Å². The summed E-state index contributed by atoms with van der Waals surface area (Å²) >= 11 is 0. The van der Waals surface area contributed by atoms with Gasteiger partial charge in [-0.2, -0.15) is 0 Å². The summed E-state index contributed by atoms with van der Waals surface area (Å²) < 4.78 is 26.7. The van der Waals surface area contributed by atoms with Gasteiger partial charge in [0.15, 0.2) is 0 Å². The Balaban J connectivity index is 2.34. The highest BCUT2D eigenvalue weighted by Gasteiger charge is 2.26. The summed E-state index contributed by atoms with van der Waals surface area (Å²) in [5.74, 6) is 0. The number of nitrogens with zero attached hydrogens (tertiary/aromatic N) is 2. The molecule has 26 heavy (non-hydrogen) atoms. The monoisotopic (exact) mass is 368 g/mol. The van der Waals surface area contributed by atoms with E-state index in [1.165, 1.54) is 6.20 Å². The second-order valence-corrected chi connectivity index (χ2v) is 8.40. The molecule has 5 heteroatoms. The van der Waals surface area contributed by atoms with E-state index in [0.29, 0.717) is 4.90 Å². The molecule has 3 rings (SSSR count). The van der Waals surface area contributed by atoms with E-state index in [9.17, 15) is 8.42 Å². The van der Waals surface area contributed by atoms with Crippen molar-refractivity contribution in [3.8, 4) is 0 Å². The van der Waals surface area contributed by atoms with E-state index in [1.54, 1.807) is 12.1 Å². The number of aromatic nitrogens is 1. The third-order valence-electron chi connectivity index (χ3n) is 4.66. The molecule has 0 fully saturated rings. The molecule has 0 N–H and O–H groups in total. The zero-order chi connectivity index (χ0) is 18.9. The number of hydrogen-bond donors (Lipinski definition) is 0. The van der Waals surface area contributed by atoms with Gasteiger partial charge in [-0.15, -0.1) is 0 Å². The second kappa shape index (κ2) is 7.08. The van der Waals surface area contributed by atoms with Gasteiger partial charge in [-0.05, 0) is 52.0 Å². The SMILES string of the molecule is CCN(CC)c1c(S(=O)(=O)c2ccc(C)cc2)cnc2ccc(C)cc12. The molecule has 0 aliphatic heterocycles. The van der Waals surface area contributed by atoms with Crippen molar-refractivity contribution in [2.45, 2.75) is 37.5 Å². The predicted octanol–water partition coefficient (Wildman–Crippen LogP) is 4.53. The minimum Gasteiger partial charge on any atom is -0.370 e. The fraction of sp³-hybridized carbons (Fsp3) is 0.286. The predicted molar refractivity (Wildman–Crippen MR) is 107 cm³/mol. The van der Waals surface area contributed by atoms with Crippen LogP contribution in [-0.2, 0) is 9.84 Å². The summed E-state index contributed by atoms with van der Waals surface area (Å²) in [6, 6.07) is 12.9. The normalized spacial score (nSPS) is 11.7. The van der Waals surface area contributed by atoms with Crippen molar-refractivity contribution >= 4 is 26.4 Å². The van der Waals surface area contributed by atoms with E-state index in [4.69, 9.17) is 0 Å². The first-order valence-corrected chi connectivity index (χ1v) is 10.3. The van der Waals surface area contributed by atoms with Crippen molar-refractivity contribution in [3.05, 3.63) is 59.8 Å². The smallest absolute Gasteiger partial charge is 0.210 e. The van der Waals surface area contributed by atoms with Crippen LogP contribution in [0.4, 0.5) is 5.69 Å². The maximum atomic E-state index is 13.4. The summed E-state index contributed by atoms with van der Waals surface area (Å²) in [4.78, 5) is 7.09. The van der Waals surface area contributed by atoms with Gasteiger partial charge < -0.3 is 4.90 Å². The Morgan fingerprint density at radius 1 is 0.923 bits per heavy atom. The Morgan fingerprint density at radius 3 is 2.15 bits per heavy atom. The van der Waals surface area contributed by atoms with Crippen LogP contribution in [0.25, 0.3) is 10.9 Å². The largest absolute Gasteiger partial charge is 0.370 e. The highest BCUT2D eigenvalue weighted by Crippen LogP contribution is 2.36. The van der Waals surface area contributed by atoms with Crippen LogP contribution in [0.1, 0.15) is 25.0 Å². The molecule has 4 nitrogen and oxygen atoms in total. The van der Waals surface area contributed by atoms with Crippen molar-refractivity contribution < 1.29 is 8.42 Å². The molecular weight excluding hydrogens is 344 g/mol. The quantitative estimate of drug-likeness (QED) is 0.664. The molecule has 0 saturated heterocycles. The van der Waals surface area contributed by atoms with Crippen LogP contribution >= 0.6 is 0 Å². The Morgan fingerprint density at radius 2 is 1.54 bits per heavy atom. The average Bonchev–Trinajstić information content (AvgIpc) is 2.63. The van der Waals surface area contributed by atoms with Crippen LogP contribution in [0, 0.1) is 13.8 Å². The van der Waals surface area contributed by atoms with Gasteiger partial charge in [0.25, 0.3) is 0 Å². The summed E-state index contributed by atoms with van der Waals surface area (Å²) in [6.07, 6.45) is 1.50. The molecule has 0 atom stereocenters. The Bertz CT molecular complexity index is 1040. The fourth-order valence-electron chi connectivity index (χ4n) is 3.18.